The summed E-state index contributed by atoms with van der Waals surface area (Å²) in [6, 6.07) is 15.9. The third-order valence-corrected chi connectivity index (χ3v) is 3.69. The lowest BCUT2D eigenvalue weighted by Crippen LogP contribution is -2.05. The number of rotatable bonds is 3. The molecule has 6 nitrogen and oxygen atoms in total. The Balaban J connectivity index is 1.77. The first-order valence-corrected chi connectivity index (χ1v) is 7.67. The highest BCUT2D eigenvalue weighted by molar-refractivity contribution is 5.79. The van der Waals surface area contributed by atoms with Gasteiger partial charge in [-0.1, -0.05) is 18.2 Å². The van der Waals surface area contributed by atoms with E-state index in [-0.39, 0.29) is 0 Å². The Morgan fingerprint density at radius 2 is 1.79 bits per heavy atom. The zero-order valence-corrected chi connectivity index (χ0v) is 13.4. The minimum atomic E-state index is 0.726. The molecule has 0 amide bonds. The van der Waals surface area contributed by atoms with Gasteiger partial charge in [-0.05, 0) is 32.0 Å². The lowest BCUT2D eigenvalue weighted by Gasteiger charge is -2.09. The van der Waals surface area contributed by atoms with E-state index in [0.29, 0.717) is 0 Å². The number of hydrogen-bond donors (Lipinski definition) is 1. The Bertz CT molecular complexity index is 1020. The number of hydrogen-bond acceptors (Lipinski definition) is 5. The molecule has 1 N–H and O–H groups in total. The number of benzene rings is 1. The molecule has 3 aromatic heterocycles. The molecular weight excluding hydrogens is 300 g/mol. The Hall–Kier alpha value is -3.28. The Morgan fingerprint density at radius 3 is 2.67 bits per heavy atom. The van der Waals surface area contributed by atoms with E-state index in [4.69, 9.17) is 4.98 Å². The van der Waals surface area contributed by atoms with E-state index >= 15 is 0 Å². The Kier molecular flexibility index (Phi) is 3.42. The summed E-state index contributed by atoms with van der Waals surface area (Å²) < 4.78 is 1.79. The molecule has 1 aromatic carbocycles. The fourth-order valence-corrected chi connectivity index (χ4v) is 2.59. The van der Waals surface area contributed by atoms with E-state index in [1.54, 1.807) is 11.0 Å². The molecule has 0 radical (unpaired) electrons. The highest BCUT2D eigenvalue weighted by Crippen LogP contribution is 2.21. The molecule has 0 aliphatic heterocycles. The smallest absolute Gasteiger partial charge is 0.156 e. The number of fused-ring (bicyclic) bond motifs is 1. The van der Waals surface area contributed by atoms with Crippen LogP contribution in [0.15, 0.2) is 54.9 Å². The van der Waals surface area contributed by atoms with Crippen LogP contribution in [0.5, 0.6) is 0 Å². The molecule has 118 valence electrons. The quantitative estimate of drug-likeness (QED) is 0.626. The number of aromatic nitrogens is 5. The first-order chi connectivity index (χ1) is 11.7. The average Bonchev–Trinajstić information content (AvgIpc) is 2.95. The zero-order chi connectivity index (χ0) is 16.5. The van der Waals surface area contributed by atoms with Gasteiger partial charge in [0.25, 0.3) is 0 Å². The molecule has 0 saturated heterocycles. The van der Waals surface area contributed by atoms with E-state index in [9.17, 15) is 0 Å². The SMILES string of the molecule is Cc1cc(Nc2cc(C)nn2-c2ccc3ccccc3n2)ncn1. The van der Waals surface area contributed by atoms with Crippen molar-refractivity contribution in [1.82, 2.24) is 24.7 Å². The predicted molar refractivity (Wildman–Crippen MR) is 93.7 cm³/mol. The monoisotopic (exact) mass is 316 g/mol. The lowest BCUT2D eigenvalue weighted by atomic mass is 10.2. The standard InChI is InChI=1S/C18H16N6/c1-12-9-16(20-11-19-12)22-18-10-13(2)23-24(18)17-8-7-14-5-3-4-6-15(14)21-17/h3-11H,1-2H3,(H,19,20,22). The van der Waals surface area contributed by atoms with E-state index in [1.807, 2.05) is 62.4 Å². The largest absolute Gasteiger partial charge is 0.325 e. The molecule has 24 heavy (non-hydrogen) atoms. The lowest BCUT2D eigenvalue weighted by molar-refractivity contribution is 0.843. The third kappa shape index (κ3) is 2.69. The van der Waals surface area contributed by atoms with Gasteiger partial charge in [-0.3, -0.25) is 0 Å². The molecule has 4 rings (SSSR count). The summed E-state index contributed by atoms with van der Waals surface area (Å²) >= 11 is 0. The zero-order valence-electron chi connectivity index (χ0n) is 13.4. The summed E-state index contributed by atoms with van der Waals surface area (Å²) in [6.07, 6.45) is 1.54. The van der Waals surface area contributed by atoms with Gasteiger partial charge in [-0.2, -0.15) is 9.78 Å². The van der Waals surface area contributed by atoms with Crippen molar-refractivity contribution in [1.29, 1.82) is 0 Å². The van der Waals surface area contributed by atoms with Crippen molar-refractivity contribution in [3.05, 3.63) is 66.2 Å². The summed E-state index contributed by atoms with van der Waals surface area (Å²) in [5, 5.41) is 8.95. The number of nitrogens with zero attached hydrogens (tertiary/aromatic N) is 5. The van der Waals surface area contributed by atoms with Crippen molar-refractivity contribution in [3.8, 4) is 5.82 Å². The highest BCUT2D eigenvalue weighted by Gasteiger charge is 2.10. The average molecular weight is 316 g/mol. The normalized spacial score (nSPS) is 10.9. The summed E-state index contributed by atoms with van der Waals surface area (Å²) in [4.78, 5) is 13.1. The van der Waals surface area contributed by atoms with Crippen LogP contribution in [0.4, 0.5) is 11.6 Å². The molecular formula is C18H16N6. The van der Waals surface area contributed by atoms with Crippen molar-refractivity contribution < 1.29 is 0 Å². The first-order valence-electron chi connectivity index (χ1n) is 7.67. The van der Waals surface area contributed by atoms with Gasteiger partial charge in [-0.15, -0.1) is 0 Å². The molecule has 0 spiro atoms. The van der Waals surface area contributed by atoms with Gasteiger partial charge < -0.3 is 5.32 Å². The van der Waals surface area contributed by atoms with E-state index in [1.165, 1.54) is 0 Å². The van der Waals surface area contributed by atoms with Crippen molar-refractivity contribution in [3.63, 3.8) is 0 Å². The van der Waals surface area contributed by atoms with Crippen LogP contribution in [-0.2, 0) is 0 Å². The molecule has 0 aliphatic rings. The molecule has 0 fully saturated rings. The van der Waals surface area contributed by atoms with Crippen molar-refractivity contribution in [2.24, 2.45) is 0 Å². The van der Waals surface area contributed by atoms with Crippen molar-refractivity contribution in [2.75, 3.05) is 5.32 Å². The highest BCUT2D eigenvalue weighted by atomic mass is 15.4. The second kappa shape index (κ2) is 5.73. The molecule has 0 atom stereocenters. The molecule has 0 bridgehead atoms. The number of aryl methyl sites for hydroxylation is 2. The predicted octanol–water partition coefficient (Wildman–Crippen LogP) is 3.57. The fraction of sp³-hybridized carbons (Fsp3) is 0.111. The van der Waals surface area contributed by atoms with Crippen molar-refractivity contribution in [2.45, 2.75) is 13.8 Å². The number of anilines is 2. The summed E-state index contributed by atoms with van der Waals surface area (Å²) in [5.41, 5.74) is 2.74. The van der Waals surface area contributed by atoms with Gasteiger partial charge in [0, 0.05) is 23.2 Å². The Morgan fingerprint density at radius 1 is 0.917 bits per heavy atom. The maximum absolute atomic E-state index is 4.71. The number of pyridine rings is 1. The Labute approximate surface area is 139 Å². The van der Waals surface area contributed by atoms with Gasteiger partial charge in [0.05, 0.1) is 11.2 Å². The van der Waals surface area contributed by atoms with Gasteiger partial charge >= 0.3 is 0 Å². The van der Waals surface area contributed by atoms with E-state index in [2.05, 4.69) is 20.4 Å². The minimum Gasteiger partial charge on any atom is -0.325 e. The number of para-hydroxylation sites is 1. The third-order valence-electron chi connectivity index (χ3n) is 3.69. The minimum absolute atomic E-state index is 0.726. The maximum atomic E-state index is 4.71. The van der Waals surface area contributed by atoms with Gasteiger partial charge in [0.2, 0.25) is 0 Å². The molecule has 6 heteroatoms. The van der Waals surface area contributed by atoms with Gasteiger partial charge in [-0.25, -0.2) is 15.0 Å². The summed E-state index contributed by atoms with van der Waals surface area (Å²) in [5.74, 6) is 2.30. The van der Waals surface area contributed by atoms with Crippen LogP contribution >= 0.6 is 0 Å². The van der Waals surface area contributed by atoms with Gasteiger partial charge in [0.1, 0.15) is 18.0 Å². The molecule has 0 saturated carbocycles. The van der Waals surface area contributed by atoms with Crippen LogP contribution in [0.1, 0.15) is 11.4 Å². The van der Waals surface area contributed by atoms with Crippen molar-refractivity contribution >= 4 is 22.5 Å². The van der Waals surface area contributed by atoms with Gasteiger partial charge in [0.15, 0.2) is 5.82 Å². The van der Waals surface area contributed by atoms with Crippen LogP contribution in [0.2, 0.25) is 0 Å². The van der Waals surface area contributed by atoms with Crippen LogP contribution < -0.4 is 5.32 Å². The first kappa shape index (κ1) is 14.3. The van der Waals surface area contributed by atoms with Crippen LogP contribution in [0, 0.1) is 13.8 Å². The second-order valence-corrected chi connectivity index (χ2v) is 5.61. The summed E-state index contributed by atoms with van der Waals surface area (Å²) in [7, 11) is 0. The van der Waals surface area contributed by atoms with Crippen LogP contribution in [0.25, 0.3) is 16.7 Å². The topological polar surface area (TPSA) is 68.5 Å². The van der Waals surface area contributed by atoms with Crippen LogP contribution in [0.3, 0.4) is 0 Å². The fourth-order valence-electron chi connectivity index (χ4n) is 2.59. The summed E-state index contributed by atoms with van der Waals surface area (Å²) in [6.45, 7) is 3.88. The van der Waals surface area contributed by atoms with E-state index in [0.717, 1.165) is 39.7 Å². The maximum Gasteiger partial charge on any atom is 0.156 e. The number of nitrogens with one attached hydrogen (secondary N) is 1. The second-order valence-electron chi connectivity index (χ2n) is 5.61. The van der Waals surface area contributed by atoms with Crippen LogP contribution in [-0.4, -0.2) is 24.7 Å². The van der Waals surface area contributed by atoms with E-state index < -0.39 is 0 Å². The molecule has 0 unspecified atom stereocenters. The molecule has 4 aromatic rings. The molecule has 3 heterocycles. The molecule has 0 aliphatic carbocycles.